The second kappa shape index (κ2) is 7.27. The second-order valence-corrected chi connectivity index (χ2v) is 4.07. The summed E-state index contributed by atoms with van der Waals surface area (Å²) in [6.07, 6.45) is 2.39. The SMILES string of the molecule is NCC#Cc1ccc(F)cc1OCCc1ccccn1. The normalized spacial score (nSPS) is 9.70. The van der Waals surface area contributed by atoms with E-state index >= 15 is 0 Å². The van der Waals surface area contributed by atoms with Crippen molar-refractivity contribution in [2.24, 2.45) is 5.73 Å². The number of rotatable bonds is 4. The first kappa shape index (κ1) is 14.0. The molecule has 4 heteroatoms. The van der Waals surface area contributed by atoms with Crippen molar-refractivity contribution in [2.75, 3.05) is 13.2 Å². The van der Waals surface area contributed by atoms with Crippen LogP contribution in [0.4, 0.5) is 4.39 Å². The fourth-order valence-corrected chi connectivity index (χ4v) is 1.68. The second-order valence-electron chi connectivity index (χ2n) is 4.07. The summed E-state index contributed by atoms with van der Waals surface area (Å²) in [4.78, 5) is 4.20. The van der Waals surface area contributed by atoms with Crippen LogP contribution >= 0.6 is 0 Å². The Morgan fingerprint density at radius 1 is 1.25 bits per heavy atom. The monoisotopic (exact) mass is 270 g/mol. The minimum atomic E-state index is -0.351. The molecule has 0 unspecified atom stereocenters. The molecule has 2 N–H and O–H groups in total. The van der Waals surface area contributed by atoms with Crippen LogP contribution in [0.1, 0.15) is 11.3 Å². The summed E-state index contributed by atoms with van der Waals surface area (Å²) in [6, 6.07) is 9.98. The molecule has 2 rings (SSSR count). The zero-order chi connectivity index (χ0) is 14.2. The molecule has 0 aliphatic carbocycles. The molecular weight excluding hydrogens is 255 g/mol. The highest BCUT2D eigenvalue weighted by molar-refractivity contribution is 5.46. The lowest BCUT2D eigenvalue weighted by Crippen LogP contribution is -2.04. The zero-order valence-corrected chi connectivity index (χ0v) is 11.0. The average Bonchev–Trinajstić information content (AvgIpc) is 2.47. The van der Waals surface area contributed by atoms with Crippen LogP contribution in [-0.4, -0.2) is 18.1 Å². The van der Waals surface area contributed by atoms with E-state index in [2.05, 4.69) is 16.8 Å². The lowest BCUT2D eigenvalue weighted by molar-refractivity contribution is 0.318. The van der Waals surface area contributed by atoms with E-state index in [9.17, 15) is 4.39 Å². The molecule has 102 valence electrons. The molecule has 20 heavy (non-hydrogen) atoms. The van der Waals surface area contributed by atoms with E-state index in [4.69, 9.17) is 10.5 Å². The van der Waals surface area contributed by atoms with Gasteiger partial charge in [-0.1, -0.05) is 17.9 Å². The number of nitrogens with zero attached hydrogens (tertiary/aromatic N) is 1. The fourth-order valence-electron chi connectivity index (χ4n) is 1.68. The molecule has 0 spiro atoms. The van der Waals surface area contributed by atoms with Crippen LogP contribution in [0.15, 0.2) is 42.6 Å². The molecule has 0 atom stereocenters. The highest BCUT2D eigenvalue weighted by atomic mass is 19.1. The predicted molar refractivity (Wildman–Crippen MR) is 75.8 cm³/mol. The van der Waals surface area contributed by atoms with Crippen molar-refractivity contribution in [3.05, 3.63) is 59.7 Å². The van der Waals surface area contributed by atoms with E-state index < -0.39 is 0 Å². The molecule has 1 heterocycles. The number of nitrogens with two attached hydrogens (primary N) is 1. The van der Waals surface area contributed by atoms with E-state index in [1.54, 1.807) is 12.3 Å². The van der Waals surface area contributed by atoms with Gasteiger partial charge in [0, 0.05) is 24.4 Å². The third-order valence-corrected chi connectivity index (χ3v) is 2.61. The smallest absolute Gasteiger partial charge is 0.137 e. The van der Waals surface area contributed by atoms with E-state index in [-0.39, 0.29) is 12.4 Å². The Morgan fingerprint density at radius 3 is 2.90 bits per heavy atom. The summed E-state index contributed by atoms with van der Waals surface area (Å²) in [7, 11) is 0. The standard InChI is InChI=1S/C16H15FN2O/c17-14-7-6-13(4-3-9-18)16(12-14)20-11-8-15-5-1-2-10-19-15/h1-2,5-7,10,12H,8-9,11,18H2. The molecule has 0 aliphatic rings. The van der Waals surface area contributed by atoms with E-state index in [0.717, 1.165) is 5.69 Å². The topological polar surface area (TPSA) is 48.1 Å². The fraction of sp³-hybridized carbons (Fsp3) is 0.188. The van der Waals surface area contributed by atoms with Crippen molar-refractivity contribution in [2.45, 2.75) is 6.42 Å². The third kappa shape index (κ3) is 4.08. The van der Waals surface area contributed by atoms with Gasteiger partial charge < -0.3 is 10.5 Å². The van der Waals surface area contributed by atoms with Crippen molar-refractivity contribution < 1.29 is 9.13 Å². The van der Waals surface area contributed by atoms with Crippen LogP contribution in [0.5, 0.6) is 5.75 Å². The third-order valence-electron chi connectivity index (χ3n) is 2.61. The van der Waals surface area contributed by atoms with E-state index in [1.807, 2.05) is 18.2 Å². The van der Waals surface area contributed by atoms with Gasteiger partial charge in [0.2, 0.25) is 0 Å². The molecule has 1 aromatic carbocycles. The van der Waals surface area contributed by atoms with Gasteiger partial charge in [0.15, 0.2) is 0 Å². The number of halogens is 1. The van der Waals surface area contributed by atoms with Gasteiger partial charge in [-0.2, -0.15) is 0 Å². The van der Waals surface area contributed by atoms with Gasteiger partial charge in [-0.25, -0.2) is 4.39 Å². The molecule has 0 bridgehead atoms. The van der Waals surface area contributed by atoms with Gasteiger partial charge in [0.05, 0.1) is 18.7 Å². The zero-order valence-electron chi connectivity index (χ0n) is 11.0. The Bertz CT molecular complexity index is 617. The first-order chi connectivity index (χ1) is 9.79. The van der Waals surface area contributed by atoms with Crippen LogP contribution in [0.25, 0.3) is 0 Å². The molecule has 1 aromatic heterocycles. The summed E-state index contributed by atoms with van der Waals surface area (Å²) >= 11 is 0. The molecule has 0 aliphatic heterocycles. The summed E-state index contributed by atoms with van der Waals surface area (Å²) in [5, 5.41) is 0. The van der Waals surface area contributed by atoms with Gasteiger partial charge in [-0.05, 0) is 24.3 Å². The highest BCUT2D eigenvalue weighted by Crippen LogP contribution is 2.19. The predicted octanol–water partition coefficient (Wildman–Crippen LogP) is 2.15. The highest BCUT2D eigenvalue weighted by Gasteiger charge is 2.04. The number of hydrogen-bond donors (Lipinski definition) is 1. The van der Waals surface area contributed by atoms with Gasteiger partial charge >= 0.3 is 0 Å². The maximum absolute atomic E-state index is 13.3. The van der Waals surface area contributed by atoms with Crippen molar-refractivity contribution in [3.63, 3.8) is 0 Å². The van der Waals surface area contributed by atoms with Crippen LogP contribution in [0, 0.1) is 17.7 Å². The van der Waals surface area contributed by atoms with Crippen LogP contribution in [0.3, 0.4) is 0 Å². The molecule has 0 amide bonds. The Hall–Kier alpha value is -2.38. The summed E-state index contributed by atoms with van der Waals surface area (Å²) in [6.45, 7) is 0.669. The van der Waals surface area contributed by atoms with Crippen molar-refractivity contribution in [1.82, 2.24) is 4.98 Å². The quantitative estimate of drug-likeness (QED) is 0.866. The summed E-state index contributed by atoms with van der Waals surface area (Å²) in [5.41, 5.74) is 6.90. The minimum Gasteiger partial charge on any atom is -0.492 e. The molecular formula is C16H15FN2O. The maximum atomic E-state index is 13.3. The molecule has 0 saturated carbocycles. The Labute approximate surface area is 117 Å². The van der Waals surface area contributed by atoms with Crippen molar-refractivity contribution in [1.29, 1.82) is 0 Å². The van der Waals surface area contributed by atoms with E-state index in [0.29, 0.717) is 24.3 Å². The molecule has 3 nitrogen and oxygen atoms in total. The van der Waals surface area contributed by atoms with Crippen LogP contribution in [0.2, 0.25) is 0 Å². The summed E-state index contributed by atoms with van der Waals surface area (Å²) in [5.74, 6) is 5.68. The Kier molecular flexibility index (Phi) is 5.10. The minimum absolute atomic E-state index is 0.255. The van der Waals surface area contributed by atoms with Crippen molar-refractivity contribution >= 4 is 0 Å². The average molecular weight is 270 g/mol. The Balaban J connectivity index is 2.03. The maximum Gasteiger partial charge on any atom is 0.137 e. The molecule has 0 fully saturated rings. The lowest BCUT2D eigenvalue weighted by Gasteiger charge is -2.08. The van der Waals surface area contributed by atoms with Crippen molar-refractivity contribution in [3.8, 4) is 17.6 Å². The van der Waals surface area contributed by atoms with Gasteiger partial charge in [0.25, 0.3) is 0 Å². The van der Waals surface area contributed by atoms with Crippen LogP contribution < -0.4 is 10.5 Å². The number of ether oxygens (including phenoxy) is 1. The van der Waals surface area contributed by atoms with Crippen LogP contribution in [-0.2, 0) is 6.42 Å². The van der Waals surface area contributed by atoms with E-state index in [1.165, 1.54) is 12.1 Å². The number of aromatic nitrogens is 1. The molecule has 2 aromatic rings. The molecule has 0 saturated heterocycles. The van der Waals surface area contributed by atoms with Gasteiger partial charge in [-0.15, -0.1) is 0 Å². The number of pyridine rings is 1. The number of benzene rings is 1. The first-order valence-electron chi connectivity index (χ1n) is 6.31. The van der Waals surface area contributed by atoms with Gasteiger partial charge in [0.1, 0.15) is 11.6 Å². The van der Waals surface area contributed by atoms with Gasteiger partial charge in [-0.3, -0.25) is 4.98 Å². The Morgan fingerprint density at radius 2 is 2.15 bits per heavy atom. The lowest BCUT2D eigenvalue weighted by atomic mass is 10.2. The number of hydrogen-bond acceptors (Lipinski definition) is 3. The molecule has 0 radical (unpaired) electrons. The first-order valence-corrected chi connectivity index (χ1v) is 6.31. The summed E-state index contributed by atoms with van der Waals surface area (Å²) < 4.78 is 18.8. The largest absolute Gasteiger partial charge is 0.492 e.